The summed E-state index contributed by atoms with van der Waals surface area (Å²) in [6.07, 6.45) is 3.79. The highest BCUT2D eigenvalue weighted by Gasteiger charge is 2.27. The van der Waals surface area contributed by atoms with Gasteiger partial charge in [0.1, 0.15) is 6.04 Å². The average molecular weight is 228 g/mol. The maximum Gasteiger partial charge on any atom is 0.326 e. The summed E-state index contributed by atoms with van der Waals surface area (Å²) in [6, 6.07) is -0.694. The van der Waals surface area contributed by atoms with Crippen LogP contribution in [0, 0.1) is 5.92 Å². The zero-order valence-electron chi connectivity index (χ0n) is 9.61. The van der Waals surface area contributed by atoms with Gasteiger partial charge in [-0.1, -0.05) is 13.3 Å². The van der Waals surface area contributed by atoms with Crippen molar-refractivity contribution in [3.05, 3.63) is 0 Å². The summed E-state index contributed by atoms with van der Waals surface area (Å²) < 4.78 is 0. The van der Waals surface area contributed by atoms with E-state index in [-0.39, 0.29) is 17.9 Å². The topological polar surface area (TPSA) is 92.4 Å². The Morgan fingerprint density at radius 2 is 2.19 bits per heavy atom. The molecule has 3 atom stereocenters. The molecule has 1 fully saturated rings. The predicted octanol–water partition coefficient (Wildman–Crippen LogP) is 0.483. The van der Waals surface area contributed by atoms with Crippen LogP contribution >= 0.6 is 0 Å². The molecule has 0 heterocycles. The molecule has 1 rings (SSSR count). The van der Waals surface area contributed by atoms with E-state index in [9.17, 15) is 9.59 Å². The third-order valence-corrected chi connectivity index (χ3v) is 3.11. The van der Waals surface area contributed by atoms with Gasteiger partial charge in [-0.25, -0.2) is 4.79 Å². The summed E-state index contributed by atoms with van der Waals surface area (Å²) in [7, 11) is 0. The van der Waals surface area contributed by atoms with Crippen LogP contribution in [0.5, 0.6) is 0 Å². The van der Waals surface area contributed by atoms with Gasteiger partial charge in [0.15, 0.2) is 0 Å². The van der Waals surface area contributed by atoms with Crippen molar-refractivity contribution in [3.8, 4) is 0 Å². The van der Waals surface area contributed by atoms with Crippen LogP contribution in [0.15, 0.2) is 0 Å². The van der Waals surface area contributed by atoms with E-state index in [1.54, 1.807) is 6.92 Å². The van der Waals surface area contributed by atoms with E-state index in [2.05, 4.69) is 5.32 Å². The summed E-state index contributed by atoms with van der Waals surface area (Å²) in [5.41, 5.74) is 5.79. The molecule has 5 heteroatoms. The molecule has 92 valence electrons. The summed E-state index contributed by atoms with van der Waals surface area (Å²) >= 11 is 0. The van der Waals surface area contributed by atoms with Crippen molar-refractivity contribution >= 4 is 11.9 Å². The maximum atomic E-state index is 11.8. The first-order chi connectivity index (χ1) is 7.54. The lowest BCUT2D eigenvalue weighted by molar-refractivity contribution is -0.142. The molecule has 16 heavy (non-hydrogen) atoms. The number of nitrogens with two attached hydrogens (primary N) is 1. The van der Waals surface area contributed by atoms with Crippen LogP contribution in [-0.2, 0) is 9.59 Å². The van der Waals surface area contributed by atoms with Crippen molar-refractivity contribution in [2.24, 2.45) is 11.7 Å². The van der Waals surface area contributed by atoms with Gasteiger partial charge in [-0.2, -0.15) is 0 Å². The molecule has 0 aromatic heterocycles. The molecule has 1 saturated carbocycles. The molecule has 0 aliphatic heterocycles. The molecule has 2 unspecified atom stereocenters. The van der Waals surface area contributed by atoms with Gasteiger partial charge in [0.05, 0.1) is 0 Å². The minimum absolute atomic E-state index is 0.0782. The predicted molar refractivity (Wildman–Crippen MR) is 59.8 cm³/mol. The molecule has 1 aliphatic carbocycles. The Morgan fingerprint density at radius 3 is 2.69 bits per heavy atom. The van der Waals surface area contributed by atoms with Crippen molar-refractivity contribution in [2.75, 3.05) is 0 Å². The highest BCUT2D eigenvalue weighted by molar-refractivity contribution is 5.85. The fourth-order valence-corrected chi connectivity index (χ4v) is 2.09. The van der Waals surface area contributed by atoms with Crippen LogP contribution in [-0.4, -0.2) is 29.1 Å². The van der Waals surface area contributed by atoms with Gasteiger partial charge in [0.2, 0.25) is 5.91 Å². The second kappa shape index (κ2) is 5.84. The highest BCUT2D eigenvalue weighted by Crippen LogP contribution is 2.23. The summed E-state index contributed by atoms with van der Waals surface area (Å²) in [5.74, 6) is -1.25. The Bertz CT molecular complexity index is 268. The fourth-order valence-electron chi connectivity index (χ4n) is 2.09. The lowest BCUT2D eigenvalue weighted by Gasteiger charge is -2.26. The summed E-state index contributed by atoms with van der Waals surface area (Å²) in [5, 5.41) is 11.4. The second-order valence-electron chi connectivity index (χ2n) is 4.43. The standard InChI is InChI=1S/C11H20N2O3/c1-2-9(11(15)16)13-10(14)7-4-3-5-8(12)6-7/h7-9H,2-6,12H2,1H3,(H,13,14)(H,15,16)/t7?,8?,9-/m0/s1. The molecule has 0 spiro atoms. The van der Waals surface area contributed by atoms with Crippen molar-refractivity contribution in [2.45, 2.75) is 51.1 Å². The van der Waals surface area contributed by atoms with Crippen LogP contribution in [0.4, 0.5) is 0 Å². The molecule has 0 radical (unpaired) electrons. The number of hydrogen-bond acceptors (Lipinski definition) is 3. The van der Waals surface area contributed by atoms with Gasteiger partial charge in [-0.3, -0.25) is 4.79 Å². The van der Waals surface area contributed by atoms with E-state index < -0.39 is 12.0 Å². The normalized spacial score (nSPS) is 27.1. The number of amides is 1. The number of carbonyl (C=O) groups excluding carboxylic acids is 1. The number of hydrogen-bond donors (Lipinski definition) is 3. The van der Waals surface area contributed by atoms with Crippen LogP contribution in [0.3, 0.4) is 0 Å². The molecule has 0 aromatic carbocycles. The van der Waals surface area contributed by atoms with Crippen molar-refractivity contribution in [1.82, 2.24) is 5.32 Å². The molecule has 0 aromatic rings. The van der Waals surface area contributed by atoms with E-state index in [0.29, 0.717) is 12.8 Å². The van der Waals surface area contributed by atoms with E-state index in [0.717, 1.165) is 19.3 Å². The van der Waals surface area contributed by atoms with Crippen LogP contribution in [0.25, 0.3) is 0 Å². The van der Waals surface area contributed by atoms with E-state index >= 15 is 0 Å². The number of carboxylic acid groups (broad SMARTS) is 1. The Labute approximate surface area is 95.4 Å². The monoisotopic (exact) mass is 228 g/mol. The summed E-state index contributed by atoms with van der Waals surface area (Å²) in [6.45, 7) is 1.74. The zero-order valence-corrected chi connectivity index (χ0v) is 9.61. The maximum absolute atomic E-state index is 11.8. The fraction of sp³-hybridized carbons (Fsp3) is 0.818. The average Bonchev–Trinajstić information content (AvgIpc) is 2.25. The highest BCUT2D eigenvalue weighted by atomic mass is 16.4. The van der Waals surface area contributed by atoms with Gasteiger partial charge in [0, 0.05) is 12.0 Å². The number of carbonyl (C=O) groups is 2. The molecule has 1 amide bonds. The summed E-state index contributed by atoms with van der Waals surface area (Å²) in [4.78, 5) is 22.6. The Hall–Kier alpha value is -1.10. The second-order valence-corrected chi connectivity index (χ2v) is 4.43. The quantitative estimate of drug-likeness (QED) is 0.652. The zero-order chi connectivity index (χ0) is 12.1. The first-order valence-electron chi connectivity index (χ1n) is 5.83. The van der Waals surface area contributed by atoms with Gasteiger partial charge < -0.3 is 16.2 Å². The molecule has 0 bridgehead atoms. The van der Waals surface area contributed by atoms with Crippen LogP contribution < -0.4 is 11.1 Å². The first-order valence-corrected chi connectivity index (χ1v) is 5.83. The van der Waals surface area contributed by atoms with Crippen molar-refractivity contribution < 1.29 is 14.7 Å². The van der Waals surface area contributed by atoms with Gasteiger partial charge in [0.25, 0.3) is 0 Å². The van der Waals surface area contributed by atoms with Crippen molar-refractivity contribution in [1.29, 1.82) is 0 Å². The molecular weight excluding hydrogens is 208 g/mol. The Kier molecular flexibility index (Phi) is 4.73. The Morgan fingerprint density at radius 1 is 1.50 bits per heavy atom. The first kappa shape index (κ1) is 13.0. The van der Waals surface area contributed by atoms with Gasteiger partial charge >= 0.3 is 5.97 Å². The van der Waals surface area contributed by atoms with Crippen LogP contribution in [0.1, 0.15) is 39.0 Å². The van der Waals surface area contributed by atoms with Crippen molar-refractivity contribution in [3.63, 3.8) is 0 Å². The van der Waals surface area contributed by atoms with Gasteiger partial charge in [-0.05, 0) is 25.7 Å². The lowest BCUT2D eigenvalue weighted by Crippen LogP contribution is -2.45. The molecule has 4 N–H and O–H groups in total. The van der Waals surface area contributed by atoms with Crippen LogP contribution in [0.2, 0.25) is 0 Å². The third-order valence-electron chi connectivity index (χ3n) is 3.11. The number of nitrogens with one attached hydrogen (secondary N) is 1. The minimum atomic E-state index is -0.976. The number of rotatable bonds is 4. The lowest BCUT2D eigenvalue weighted by atomic mass is 9.85. The molecule has 0 saturated heterocycles. The van der Waals surface area contributed by atoms with E-state index in [1.807, 2.05) is 0 Å². The van der Waals surface area contributed by atoms with E-state index in [1.165, 1.54) is 0 Å². The minimum Gasteiger partial charge on any atom is -0.480 e. The smallest absolute Gasteiger partial charge is 0.326 e. The number of carboxylic acids is 1. The largest absolute Gasteiger partial charge is 0.480 e. The molecule has 5 nitrogen and oxygen atoms in total. The molecule has 1 aliphatic rings. The van der Waals surface area contributed by atoms with E-state index in [4.69, 9.17) is 10.8 Å². The number of aliphatic carboxylic acids is 1. The van der Waals surface area contributed by atoms with Gasteiger partial charge in [-0.15, -0.1) is 0 Å². The SMILES string of the molecule is CC[C@H](NC(=O)C1CCCC(N)C1)C(=O)O. The Balaban J connectivity index is 2.47. The third kappa shape index (κ3) is 3.48. The molecular formula is C11H20N2O3.